The first-order chi connectivity index (χ1) is 9.08. The summed E-state index contributed by atoms with van der Waals surface area (Å²) in [6.07, 6.45) is 5.24. The molecule has 1 heterocycles. The monoisotopic (exact) mass is 265 g/mol. The first kappa shape index (κ1) is 13.7. The van der Waals surface area contributed by atoms with Crippen LogP contribution in [0.25, 0.3) is 0 Å². The normalized spacial score (nSPS) is 23.7. The number of rotatable bonds is 3. The van der Waals surface area contributed by atoms with Gasteiger partial charge in [-0.15, -0.1) is 0 Å². The van der Waals surface area contributed by atoms with E-state index in [-0.39, 0.29) is 17.8 Å². The molecule has 19 heavy (non-hydrogen) atoms. The van der Waals surface area contributed by atoms with Gasteiger partial charge in [-0.2, -0.15) is 0 Å². The Kier molecular flexibility index (Phi) is 4.31. The van der Waals surface area contributed by atoms with E-state index in [2.05, 4.69) is 4.98 Å². The van der Waals surface area contributed by atoms with E-state index < -0.39 is 4.92 Å². The summed E-state index contributed by atoms with van der Waals surface area (Å²) in [4.78, 5) is 14.4. The first-order valence-electron chi connectivity index (χ1n) is 6.62. The van der Waals surface area contributed by atoms with Gasteiger partial charge < -0.3 is 10.5 Å². The van der Waals surface area contributed by atoms with Crippen LogP contribution in [0.1, 0.15) is 37.8 Å². The molecule has 2 N–H and O–H groups in total. The Hall–Kier alpha value is -1.69. The van der Waals surface area contributed by atoms with Crippen molar-refractivity contribution in [1.82, 2.24) is 4.98 Å². The maximum Gasteiger partial charge on any atom is 0.290 e. The number of hydrogen-bond donors (Lipinski definition) is 1. The maximum absolute atomic E-state index is 10.7. The van der Waals surface area contributed by atoms with Gasteiger partial charge in [0.25, 0.3) is 5.69 Å². The van der Waals surface area contributed by atoms with Crippen molar-refractivity contribution in [3.05, 3.63) is 27.9 Å². The SMILES string of the molecule is Cc1nc(OC2CCCCCC2N)ccc1[N+](=O)[O-]. The molecule has 0 radical (unpaired) electrons. The van der Waals surface area contributed by atoms with E-state index in [1.807, 2.05) is 0 Å². The summed E-state index contributed by atoms with van der Waals surface area (Å²) in [5, 5.41) is 10.7. The van der Waals surface area contributed by atoms with Crippen LogP contribution >= 0.6 is 0 Å². The van der Waals surface area contributed by atoms with Crippen molar-refractivity contribution in [2.24, 2.45) is 5.73 Å². The summed E-state index contributed by atoms with van der Waals surface area (Å²) in [5.41, 5.74) is 6.46. The standard InChI is InChI=1S/C13H19N3O3/c1-9-11(16(17)18)7-8-13(15-9)19-12-6-4-2-3-5-10(12)14/h7-8,10,12H,2-6,14H2,1H3. The fourth-order valence-electron chi connectivity index (χ4n) is 2.39. The maximum atomic E-state index is 10.7. The molecule has 1 aliphatic carbocycles. The van der Waals surface area contributed by atoms with Gasteiger partial charge in [-0.1, -0.05) is 12.8 Å². The van der Waals surface area contributed by atoms with Crippen molar-refractivity contribution in [2.75, 3.05) is 0 Å². The lowest BCUT2D eigenvalue weighted by Gasteiger charge is -2.22. The molecule has 0 aliphatic heterocycles. The highest BCUT2D eigenvalue weighted by molar-refractivity contribution is 5.36. The smallest absolute Gasteiger partial charge is 0.290 e. The number of aromatic nitrogens is 1. The third-order valence-electron chi connectivity index (χ3n) is 3.50. The first-order valence-corrected chi connectivity index (χ1v) is 6.62. The highest BCUT2D eigenvalue weighted by Gasteiger charge is 2.23. The highest BCUT2D eigenvalue weighted by atomic mass is 16.6. The lowest BCUT2D eigenvalue weighted by molar-refractivity contribution is -0.385. The molecule has 2 unspecified atom stereocenters. The van der Waals surface area contributed by atoms with Gasteiger partial charge in [-0.25, -0.2) is 4.98 Å². The van der Waals surface area contributed by atoms with Crippen LogP contribution in [0.5, 0.6) is 5.88 Å². The Morgan fingerprint density at radius 3 is 2.79 bits per heavy atom. The van der Waals surface area contributed by atoms with E-state index >= 15 is 0 Å². The van der Waals surface area contributed by atoms with E-state index in [1.165, 1.54) is 12.5 Å². The Balaban J connectivity index is 2.10. The van der Waals surface area contributed by atoms with Crippen LogP contribution in [-0.4, -0.2) is 22.1 Å². The minimum Gasteiger partial charge on any atom is -0.473 e. The minimum absolute atomic E-state index is 0.0116. The fraction of sp³-hybridized carbons (Fsp3) is 0.615. The molecule has 104 valence electrons. The van der Waals surface area contributed by atoms with Crippen LogP contribution in [0.4, 0.5) is 5.69 Å². The van der Waals surface area contributed by atoms with E-state index in [4.69, 9.17) is 10.5 Å². The Morgan fingerprint density at radius 2 is 2.11 bits per heavy atom. The molecule has 0 saturated heterocycles. The number of nitrogens with two attached hydrogens (primary N) is 1. The largest absolute Gasteiger partial charge is 0.473 e. The van der Waals surface area contributed by atoms with Crippen LogP contribution in [0, 0.1) is 17.0 Å². The number of pyridine rings is 1. The van der Waals surface area contributed by atoms with E-state index in [1.54, 1.807) is 13.0 Å². The van der Waals surface area contributed by atoms with Gasteiger partial charge in [0.05, 0.1) is 4.92 Å². The van der Waals surface area contributed by atoms with Gasteiger partial charge in [0.15, 0.2) is 0 Å². The number of ether oxygens (including phenoxy) is 1. The second kappa shape index (κ2) is 5.97. The van der Waals surface area contributed by atoms with E-state index in [9.17, 15) is 10.1 Å². The van der Waals surface area contributed by atoms with Gasteiger partial charge in [-0.05, 0) is 26.2 Å². The summed E-state index contributed by atoms with van der Waals surface area (Å²) in [5.74, 6) is 0.422. The predicted octanol–water partition coefficient (Wildman–Crippen LogP) is 2.34. The molecule has 2 rings (SSSR count). The summed E-state index contributed by atoms with van der Waals surface area (Å²) < 4.78 is 5.80. The molecule has 0 amide bonds. The van der Waals surface area contributed by atoms with E-state index in [0.717, 1.165) is 25.7 Å². The Morgan fingerprint density at radius 1 is 1.37 bits per heavy atom. The average Bonchev–Trinajstić information content (AvgIpc) is 2.55. The van der Waals surface area contributed by atoms with Gasteiger partial charge in [0, 0.05) is 18.2 Å². The third kappa shape index (κ3) is 3.41. The zero-order valence-electron chi connectivity index (χ0n) is 11.0. The molecule has 1 aromatic heterocycles. The molecule has 1 fully saturated rings. The van der Waals surface area contributed by atoms with Crippen molar-refractivity contribution in [2.45, 2.75) is 51.2 Å². The minimum atomic E-state index is -0.441. The summed E-state index contributed by atoms with van der Waals surface area (Å²) in [7, 11) is 0. The quantitative estimate of drug-likeness (QED) is 0.514. The molecule has 1 saturated carbocycles. The van der Waals surface area contributed by atoms with Crippen LogP contribution in [0.15, 0.2) is 12.1 Å². The zero-order chi connectivity index (χ0) is 13.8. The molecule has 2 atom stereocenters. The van der Waals surface area contributed by atoms with Crippen molar-refractivity contribution >= 4 is 5.69 Å². The second-order valence-corrected chi connectivity index (χ2v) is 4.97. The predicted molar refractivity (Wildman–Crippen MR) is 71.1 cm³/mol. The Labute approximate surface area is 112 Å². The van der Waals surface area contributed by atoms with Gasteiger partial charge >= 0.3 is 0 Å². The number of nitrogens with zero attached hydrogens (tertiary/aromatic N) is 2. The van der Waals surface area contributed by atoms with Gasteiger partial charge in [0.2, 0.25) is 5.88 Å². The van der Waals surface area contributed by atoms with Gasteiger partial charge in [-0.3, -0.25) is 10.1 Å². The van der Waals surface area contributed by atoms with Crippen LogP contribution < -0.4 is 10.5 Å². The van der Waals surface area contributed by atoms with Crippen molar-refractivity contribution < 1.29 is 9.66 Å². The van der Waals surface area contributed by atoms with Gasteiger partial charge in [0.1, 0.15) is 11.8 Å². The molecule has 0 spiro atoms. The molecular formula is C13H19N3O3. The highest BCUT2D eigenvalue weighted by Crippen LogP contribution is 2.24. The lowest BCUT2D eigenvalue weighted by atomic mass is 10.1. The molecule has 6 nitrogen and oxygen atoms in total. The zero-order valence-corrected chi connectivity index (χ0v) is 11.0. The van der Waals surface area contributed by atoms with E-state index in [0.29, 0.717) is 11.6 Å². The topological polar surface area (TPSA) is 91.3 Å². The fourth-order valence-corrected chi connectivity index (χ4v) is 2.39. The number of aryl methyl sites for hydroxylation is 1. The van der Waals surface area contributed by atoms with Crippen molar-refractivity contribution in [1.29, 1.82) is 0 Å². The average molecular weight is 265 g/mol. The number of hydrogen-bond acceptors (Lipinski definition) is 5. The van der Waals surface area contributed by atoms with Crippen molar-refractivity contribution in [3.63, 3.8) is 0 Å². The van der Waals surface area contributed by atoms with Crippen LogP contribution in [0.2, 0.25) is 0 Å². The summed E-state index contributed by atoms with van der Waals surface area (Å²) in [6, 6.07) is 2.99. The summed E-state index contributed by atoms with van der Waals surface area (Å²) >= 11 is 0. The molecule has 6 heteroatoms. The molecule has 1 aromatic rings. The lowest BCUT2D eigenvalue weighted by Crippen LogP contribution is -2.38. The van der Waals surface area contributed by atoms with Crippen LogP contribution in [-0.2, 0) is 0 Å². The molecule has 1 aliphatic rings. The Bertz CT molecular complexity index is 464. The van der Waals surface area contributed by atoms with Crippen molar-refractivity contribution in [3.8, 4) is 5.88 Å². The molecule has 0 bridgehead atoms. The van der Waals surface area contributed by atoms with Crippen LogP contribution in [0.3, 0.4) is 0 Å². The molecule has 0 aromatic carbocycles. The molecular weight excluding hydrogens is 246 g/mol. The number of nitro groups is 1. The second-order valence-electron chi connectivity index (χ2n) is 4.97. The third-order valence-corrected chi connectivity index (χ3v) is 3.50. The summed E-state index contributed by atoms with van der Waals surface area (Å²) in [6.45, 7) is 1.61.